The molecule has 1 aromatic rings. The molecule has 0 heterocycles. The van der Waals surface area contributed by atoms with Crippen LogP contribution in [-0.2, 0) is 16.6 Å². The van der Waals surface area contributed by atoms with Crippen molar-refractivity contribution in [1.29, 1.82) is 0 Å². The molecule has 0 saturated heterocycles. The molecular weight excluding hydrogens is 439 g/mol. The fourth-order valence-electron chi connectivity index (χ4n) is 2.25. The second-order valence-corrected chi connectivity index (χ2v) is 7.43. The average molecular weight is 468 g/mol. The zero-order valence-electron chi connectivity index (χ0n) is 14.9. The highest BCUT2D eigenvalue weighted by atomic mass is 127. The summed E-state index contributed by atoms with van der Waals surface area (Å²) in [4.78, 5) is 4.17. The number of guanidine groups is 1. The highest BCUT2D eigenvalue weighted by Crippen LogP contribution is 2.03. The number of halogens is 1. The van der Waals surface area contributed by atoms with Gasteiger partial charge in [0.05, 0.1) is 6.26 Å². The summed E-state index contributed by atoms with van der Waals surface area (Å²) >= 11 is 0. The fourth-order valence-corrected chi connectivity index (χ4v) is 3.18. The summed E-state index contributed by atoms with van der Waals surface area (Å²) in [5, 5.41) is 6.45. The van der Waals surface area contributed by atoms with Crippen LogP contribution in [0.25, 0.3) is 0 Å². The van der Waals surface area contributed by atoms with Crippen LogP contribution in [0.15, 0.2) is 29.3 Å². The van der Waals surface area contributed by atoms with E-state index >= 15 is 0 Å². The zero-order chi connectivity index (χ0) is 17.3. The summed E-state index contributed by atoms with van der Waals surface area (Å²) in [6.07, 6.45) is 1.97. The van der Waals surface area contributed by atoms with E-state index in [0.29, 0.717) is 32.1 Å². The number of hydrogen-bond donors (Lipinski definition) is 2. The van der Waals surface area contributed by atoms with Crippen molar-refractivity contribution < 1.29 is 8.42 Å². The molecule has 0 spiro atoms. The Hall–Kier alpha value is -0.870. The van der Waals surface area contributed by atoms with E-state index in [4.69, 9.17) is 0 Å². The molecule has 0 aromatic heterocycles. The number of hydrogen-bond acceptors (Lipinski definition) is 3. The molecule has 1 aromatic carbocycles. The van der Waals surface area contributed by atoms with Crippen molar-refractivity contribution in [3.63, 3.8) is 0 Å². The Bertz CT molecular complexity index is 620. The number of rotatable bonds is 8. The molecule has 0 saturated carbocycles. The normalized spacial score (nSPS) is 12.0. The van der Waals surface area contributed by atoms with Crippen molar-refractivity contribution in [3.8, 4) is 0 Å². The second kappa shape index (κ2) is 11.6. The van der Waals surface area contributed by atoms with Gasteiger partial charge in [-0.3, -0.25) is 4.99 Å². The van der Waals surface area contributed by atoms with E-state index in [1.807, 2.05) is 13.0 Å². The van der Waals surface area contributed by atoms with E-state index in [-0.39, 0.29) is 24.0 Å². The number of aryl methyl sites for hydroxylation is 1. The largest absolute Gasteiger partial charge is 0.356 e. The Morgan fingerprint density at radius 3 is 2.54 bits per heavy atom. The topological polar surface area (TPSA) is 73.8 Å². The Morgan fingerprint density at radius 1 is 1.29 bits per heavy atom. The van der Waals surface area contributed by atoms with Gasteiger partial charge in [-0.25, -0.2) is 12.7 Å². The first-order valence-corrected chi connectivity index (χ1v) is 9.66. The number of sulfonamides is 1. The van der Waals surface area contributed by atoms with Crippen molar-refractivity contribution in [2.75, 3.05) is 32.9 Å². The van der Waals surface area contributed by atoms with Crippen LogP contribution >= 0.6 is 24.0 Å². The molecule has 0 bridgehead atoms. The van der Waals surface area contributed by atoms with Gasteiger partial charge in [0.2, 0.25) is 10.0 Å². The van der Waals surface area contributed by atoms with Gasteiger partial charge in [0, 0.05) is 33.2 Å². The minimum absolute atomic E-state index is 0. The van der Waals surface area contributed by atoms with Gasteiger partial charge >= 0.3 is 0 Å². The monoisotopic (exact) mass is 468 g/mol. The minimum atomic E-state index is -3.11. The molecule has 0 aliphatic heterocycles. The van der Waals surface area contributed by atoms with E-state index in [9.17, 15) is 8.42 Å². The molecule has 0 unspecified atom stereocenters. The highest BCUT2D eigenvalue weighted by Gasteiger charge is 2.13. The molecule has 138 valence electrons. The van der Waals surface area contributed by atoms with E-state index < -0.39 is 10.0 Å². The molecule has 0 aliphatic carbocycles. The summed E-state index contributed by atoms with van der Waals surface area (Å²) in [5.41, 5.74) is 2.43. The van der Waals surface area contributed by atoms with Crippen LogP contribution in [0.4, 0.5) is 0 Å². The third kappa shape index (κ3) is 8.84. The number of nitrogens with one attached hydrogen (secondary N) is 2. The number of aliphatic imine (C=N–C) groups is 1. The van der Waals surface area contributed by atoms with E-state index in [2.05, 4.69) is 40.7 Å². The van der Waals surface area contributed by atoms with Gasteiger partial charge < -0.3 is 10.6 Å². The van der Waals surface area contributed by atoms with E-state index in [0.717, 1.165) is 6.42 Å². The standard InChI is InChI=1S/C16H28N4O2S.HI/c1-5-20(23(4,21)22)11-7-10-18-16(17-3)19-13-15-9-6-8-14(2)12-15;/h6,8-9,12H,5,7,10-11,13H2,1-4H3,(H2,17,18,19);1H. The predicted molar refractivity (Wildman–Crippen MR) is 112 cm³/mol. The molecular formula is C16H29IN4O2S. The maximum atomic E-state index is 11.5. The van der Waals surface area contributed by atoms with Crippen LogP contribution in [0.5, 0.6) is 0 Å². The molecule has 2 N–H and O–H groups in total. The molecule has 0 atom stereocenters. The van der Waals surface area contributed by atoms with Crippen molar-refractivity contribution in [3.05, 3.63) is 35.4 Å². The summed E-state index contributed by atoms with van der Waals surface area (Å²) in [7, 11) is -1.39. The highest BCUT2D eigenvalue weighted by molar-refractivity contribution is 14.0. The van der Waals surface area contributed by atoms with Crippen LogP contribution in [-0.4, -0.2) is 51.6 Å². The number of nitrogens with zero attached hydrogens (tertiary/aromatic N) is 2. The molecule has 1 rings (SSSR count). The van der Waals surface area contributed by atoms with Gasteiger partial charge in [-0.1, -0.05) is 36.8 Å². The Morgan fingerprint density at radius 2 is 2.00 bits per heavy atom. The third-order valence-corrected chi connectivity index (χ3v) is 4.84. The first-order chi connectivity index (χ1) is 10.9. The van der Waals surface area contributed by atoms with Crippen LogP contribution in [0, 0.1) is 6.92 Å². The van der Waals surface area contributed by atoms with Gasteiger partial charge in [-0.15, -0.1) is 24.0 Å². The lowest BCUT2D eigenvalue weighted by Crippen LogP contribution is -2.39. The maximum Gasteiger partial charge on any atom is 0.211 e. The summed E-state index contributed by atoms with van der Waals surface area (Å²) in [6.45, 7) is 6.29. The summed E-state index contributed by atoms with van der Waals surface area (Å²) in [6, 6.07) is 8.30. The molecule has 24 heavy (non-hydrogen) atoms. The van der Waals surface area contributed by atoms with Crippen LogP contribution < -0.4 is 10.6 Å². The lowest BCUT2D eigenvalue weighted by atomic mass is 10.1. The molecule has 8 heteroatoms. The molecule has 0 radical (unpaired) electrons. The Kier molecular flexibility index (Phi) is 11.2. The summed E-state index contributed by atoms with van der Waals surface area (Å²) in [5.74, 6) is 0.717. The maximum absolute atomic E-state index is 11.5. The smallest absolute Gasteiger partial charge is 0.211 e. The Labute approximate surface area is 163 Å². The molecule has 0 fully saturated rings. The minimum Gasteiger partial charge on any atom is -0.356 e. The zero-order valence-corrected chi connectivity index (χ0v) is 18.0. The van der Waals surface area contributed by atoms with Crippen molar-refractivity contribution in [2.24, 2.45) is 4.99 Å². The molecule has 0 aliphatic rings. The van der Waals surface area contributed by atoms with Crippen molar-refractivity contribution >= 4 is 40.0 Å². The quantitative estimate of drug-likeness (QED) is 0.265. The Balaban J connectivity index is 0.00000529. The van der Waals surface area contributed by atoms with E-state index in [1.165, 1.54) is 21.7 Å². The lowest BCUT2D eigenvalue weighted by molar-refractivity contribution is 0.424. The summed E-state index contributed by atoms with van der Waals surface area (Å²) < 4.78 is 24.5. The van der Waals surface area contributed by atoms with Gasteiger partial charge in [0.15, 0.2) is 5.96 Å². The van der Waals surface area contributed by atoms with Gasteiger partial charge in [0.1, 0.15) is 0 Å². The number of benzene rings is 1. The van der Waals surface area contributed by atoms with Crippen LogP contribution in [0.1, 0.15) is 24.5 Å². The molecule has 0 amide bonds. The van der Waals surface area contributed by atoms with Crippen molar-refractivity contribution in [1.82, 2.24) is 14.9 Å². The SMILES string of the molecule is CCN(CCCNC(=NC)NCc1cccc(C)c1)S(C)(=O)=O.I. The van der Waals surface area contributed by atoms with Crippen molar-refractivity contribution in [2.45, 2.75) is 26.8 Å². The van der Waals surface area contributed by atoms with Gasteiger partial charge in [0.25, 0.3) is 0 Å². The predicted octanol–water partition coefficient (Wildman–Crippen LogP) is 1.95. The average Bonchev–Trinajstić information content (AvgIpc) is 2.49. The van der Waals surface area contributed by atoms with Crippen LogP contribution in [0.3, 0.4) is 0 Å². The van der Waals surface area contributed by atoms with E-state index in [1.54, 1.807) is 7.05 Å². The first kappa shape index (κ1) is 23.1. The van der Waals surface area contributed by atoms with Gasteiger partial charge in [-0.2, -0.15) is 0 Å². The second-order valence-electron chi connectivity index (χ2n) is 5.45. The lowest BCUT2D eigenvalue weighted by Gasteiger charge is -2.18. The molecule has 6 nitrogen and oxygen atoms in total. The van der Waals surface area contributed by atoms with Crippen LogP contribution in [0.2, 0.25) is 0 Å². The fraction of sp³-hybridized carbons (Fsp3) is 0.562. The third-order valence-electron chi connectivity index (χ3n) is 3.46. The van der Waals surface area contributed by atoms with Gasteiger partial charge in [-0.05, 0) is 18.9 Å². The first-order valence-electron chi connectivity index (χ1n) is 7.82.